The summed E-state index contributed by atoms with van der Waals surface area (Å²) >= 11 is 1.72. The molecule has 0 spiro atoms. The van der Waals surface area contributed by atoms with Crippen LogP contribution >= 0.6 is 23.7 Å². The fraction of sp³-hybridized carbons (Fsp3) is 0.412. The van der Waals surface area contributed by atoms with Crippen molar-refractivity contribution in [2.24, 2.45) is 0 Å². The molecule has 0 aliphatic carbocycles. The number of hydrogen-bond donors (Lipinski definition) is 2. The highest BCUT2D eigenvalue weighted by Crippen LogP contribution is 2.21. The smallest absolute Gasteiger partial charge is 0.122 e. The minimum atomic E-state index is -0.521. The lowest BCUT2D eigenvalue weighted by Crippen LogP contribution is -2.32. The second kappa shape index (κ2) is 9.16. The number of aryl methyl sites for hydroxylation is 1. The Bertz CT molecular complexity index is 560. The number of aliphatic hydroxyl groups excluding tert-OH is 1. The highest BCUT2D eigenvalue weighted by atomic mass is 35.5. The van der Waals surface area contributed by atoms with Crippen LogP contribution in [0.25, 0.3) is 0 Å². The minimum absolute atomic E-state index is 0. The van der Waals surface area contributed by atoms with E-state index in [2.05, 4.69) is 36.7 Å². The molecule has 0 saturated carbocycles. The number of halogens is 1. The molecule has 1 aromatic heterocycles. The van der Waals surface area contributed by atoms with Gasteiger partial charge >= 0.3 is 0 Å². The standard InChI is InChI=1S/C17H23NO2S.ClH/c1-12-6-4-7-16(13(12)2)20-11-15(19)10-18-14(3)17-8-5-9-21-17;/h4-9,14-15,18-19H,10-11H2,1-3H3;1H. The van der Waals surface area contributed by atoms with E-state index in [0.717, 1.165) is 11.3 Å². The van der Waals surface area contributed by atoms with Crippen molar-refractivity contribution < 1.29 is 9.84 Å². The quantitative estimate of drug-likeness (QED) is 0.803. The molecule has 0 aliphatic heterocycles. The average Bonchev–Trinajstić information content (AvgIpc) is 3.00. The summed E-state index contributed by atoms with van der Waals surface area (Å²) in [4.78, 5) is 1.28. The summed E-state index contributed by atoms with van der Waals surface area (Å²) in [6.45, 7) is 7.01. The summed E-state index contributed by atoms with van der Waals surface area (Å²) in [6.07, 6.45) is -0.521. The van der Waals surface area contributed by atoms with E-state index in [0.29, 0.717) is 13.2 Å². The first-order chi connectivity index (χ1) is 10.1. The third kappa shape index (κ3) is 5.29. The summed E-state index contributed by atoms with van der Waals surface area (Å²) in [5.74, 6) is 0.848. The zero-order valence-corrected chi connectivity index (χ0v) is 14.8. The molecule has 2 unspecified atom stereocenters. The molecule has 122 valence electrons. The highest BCUT2D eigenvalue weighted by molar-refractivity contribution is 7.10. The van der Waals surface area contributed by atoms with Crippen molar-refractivity contribution in [1.29, 1.82) is 0 Å². The van der Waals surface area contributed by atoms with Gasteiger partial charge in [-0.2, -0.15) is 0 Å². The van der Waals surface area contributed by atoms with Crippen LogP contribution in [0.4, 0.5) is 0 Å². The SMILES string of the molecule is Cc1cccc(OCC(O)CNC(C)c2cccs2)c1C.Cl. The van der Waals surface area contributed by atoms with Crippen LogP contribution in [0.1, 0.15) is 29.0 Å². The highest BCUT2D eigenvalue weighted by Gasteiger charge is 2.11. The van der Waals surface area contributed by atoms with Gasteiger partial charge in [-0.15, -0.1) is 23.7 Å². The Morgan fingerprint density at radius 1 is 1.23 bits per heavy atom. The van der Waals surface area contributed by atoms with Gasteiger partial charge in [-0.05, 0) is 49.4 Å². The van der Waals surface area contributed by atoms with Crippen LogP contribution in [-0.4, -0.2) is 24.4 Å². The van der Waals surface area contributed by atoms with E-state index >= 15 is 0 Å². The van der Waals surface area contributed by atoms with Gasteiger partial charge in [0.2, 0.25) is 0 Å². The molecule has 3 nitrogen and oxygen atoms in total. The van der Waals surface area contributed by atoms with Crippen LogP contribution in [0.15, 0.2) is 35.7 Å². The molecular formula is C17H24ClNO2S. The van der Waals surface area contributed by atoms with E-state index in [4.69, 9.17) is 4.74 Å². The third-order valence-electron chi connectivity index (χ3n) is 3.62. The fourth-order valence-electron chi connectivity index (χ4n) is 2.08. The van der Waals surface area contributed by atoms with Crippen LogP contribution in [0, 0.1) is 13.8 Å². The van der Waals surface area contributed by atoms with E-state index in [-0.39, 0.29) is 18.4 Å². The van der Waals surface area contributed by atoms with Crippen molar-refractivity contribution >= 4 is 23.7 Å². The predicted molar refractivity (Wildman–Crippen MR) is 95.4 cm³/mol. The molecular weight excluding hydrogens is 318 g/mol. The van der Waals surface area contributed by atoms with Crippen molar-refractivity contribution in [3.63, 3.8) is 0 Å². The number of nitrogens with one attached hydrogen (secondary N) is 1. The first-order valence-corrected chi connectivity index (χ1v) is 8.09. The molecule has 2 aromatic rings. The number of thiophene rings is 1. The summed E-state index contributed by atoms with van der Waals surface area (Å²) in [6, 6.07) is 10.4. The van der Waals surface area contributed by atoms with Gasteiger partial charge < -0.3 is 15.2 Å². The number of rotatable bonds is 7. The van der Waals surface area contributed by atoms with Crippen molar-refractivity contribution in [2.75, 3.05) is 13.2 Å². The summed E-state index contributed by atoms with van der Waals surface area (Å²) in [7, 11) is 0. The van der Waals surface area contributed by atoms with E-state index < -0.39 is 6.10 Å². The summed E-state index contributed by atoms with van der Waals surface area (Å²) in [5, 5.41) is 15.4. The van der Waals surface area contributed by atoms with Crippen molar-refractivity contribution in [3.05, 3.63) is 51.7 Å². The van der Waals surface area contributed by atoms with Gasteiger partial charge in [-0.1, -0.05) is 18.2 Å². The lowest BCUT2D eigenvalue weighted by Gasteiger charge is -2.18. The molecule has 0 amide bonds. The summed E-state index contributed by atoms with van der Waals surface area (Å²) < 4.78 is 5.72. The topological polar surface area (TPSA) is 41.5 Å². The summed E-state index contributed by atoms with van der Waals surface area (Å²) in [5.41, 5.74) is 2.33. The average molecular weight is 342 g/mol. The maximum absolute atomic E-state index is 10.0. The molecule has 0 saturated heterocycles. The van der Waals surface area contributed by atoms with Crippen LogP contribution in [0.3, 0.4) is 0 Å². The molecule has 2 N–H and O–H groups in total. The first kappa shape index (κ1) is 19.0. The Labute approximate surface area is 142 Å². The van der Waals surface area contributed by atoms with E-state index in [9.17, 15) is 5.11 Å². The second-order valence-electron chi connectivity index (χ2n) is 5.31. The Morgan fingerprint density at radius 3 is 2.68 bits per heavy atom. The van der Waals surface area contributed by atoms with E-state index in [1.165, 1.54) is 10.4 Å². The zero-order chi connectivity index (χ0) is 15.2. The third-order valence-corrected chi connectivity index (χ3v) is 4.67. The predicted octanol–water partition coefficient (Wildman–Crippen LogP) is 3.88. The Balaban J connectivity index is 0.00000242. The number of benzene rings is 1. The Hall–Kier alpha value is -1.07. The van der Waals surface area contributed by atoms with E-state index in [1.54, 1.807) is 11.3 Å². The second-order valence-corrected chi connectivity index (χ2v) is 6.29. The van der Waals surface area contributed by atoms with Gasteiger partial charge in [0.25, 0.3) is 0 Å². The van der Waals surface area contributed by atoms with Crippen LogP contribution in [-0.2, 0) is 0 Å². The lowest BCUT2D eigenvalue weighted by atomic mass is 10.1. The van der Waals surface area contributed by atoms with Crippen LogP contribution in [0.5, 0.6) is 5.75 Å². The molecule has 5 heteroatoms. The van der Waals surface area contributed by atoms with Gasteiger partial charge in [0.05, 0.1) is 0 Å². The first-order valence-electron chi connectivity index (χ1n) is 7.21. The number of ether oxygens (including phenoxy) is 1. The number of aliphatic hydroxyl groups is 1. The molecule has 1 aromatic carbocycles. The van der Waals surface area contributed by atoms with Gasteiger partial charge in [-0.3, -0.25) is 0 Å². The molecule has 0 aliphatic rings. The maximum Gasteiger partial charge on any atom is 0.122 e. The molecule has 0 bridgehead atoms. The molecule has 2 atom stereocenters. The molecule has 22 heavy (non-hydrogen) atoms. The van der Waals surface area contributed by atoms with Crippen LogP contribution < -0.4 is 10.1 Å². The molecule has 0 radical (unpaired) electrons. The van der Waals surface area contributed by atoms with E-state index in [1.807, 2.05) is 25.1 Å². The van der Waals surface area contributed by atoms with Gasteiger partial charge in [0, 0.05) is 17.5 Å². The maximum atomic E-state index is 10.0. The Kier molecular flexibility index (Phi) is 7.90. The monoisotopic (exact) mass is 341 g/mol. The van der Waals surface area contributed by atoms with Gasteiger partial charge in [0.1, 0.15) is 18.5 Å². The van der Waals surface area contributed by atoms with Gasteiger partial charge in [-0.25, -0.2) is 0 Å². The zero-order valence-electron chi connectivity index (χ0n) is 13.2. The van der Waals surface area contributed by atoms with Crippen molar-refractivity contribution in [2.45, 2.75) is 32.9 Å². The van der Waals surface area contributed by atoms with Gasteiger partial charge in [0.15, 0.2) is 0 Å². The lowest BCUT2D eigenvalue weighted by molar-refractivity contribution is 0.104. The normalized spacial score (nSPS) is 13.3. The van der Waals surface area contributed by atoms with Crippen LogP contribution in [0.2, 0.25) is 0 Å². The fourth-order valence-corrected chi connectivity index (χ4v) is 2.84. The molecule has 2 rings (SSSR count). The molecule has 0 fully saturated rings. The minimum Gasteiger partial charge on any atom is -0.491 e. The Morgan fingerprint density at radius 2 is 2.00 bits per heavy atom. The molecule has 1 heterocycles. The largest absolute Gasteiger partial charge is 0.491 e. The van der Waals surface area contributed by atoms with Crippen molar-refractivity contribution in [3.8, 4) is 5.75 Å². The number of hydrogen-bond acceptors (Lipinski definition) is 4. The van der Waals surface area contributed by atoms with Crippen molar-refractivity contribution in [1.82, 2.24) is 5.32 Å².